The molecule has 1 saturated carbocycles. The second-order valence-electron chi connectivity index (χ2n) is 5.00. The van der Waals surface area contributed by atoms with E-state index in [1.165, 1.54) is 36.4 Å². The molecule has 0 N–H and O–H groups in total. The zero-order valence-corrected chi connectivity index (χ0v) is 11.4. The first-order valence-corrected chi connectivity index (χ1v) is 7.97. The van der Waals surface area contributed by atoms with E-state index in [4.69, 9.17) is 0 Å². The molecule has 0 saturated heterocycles. The minimum Gasteiger partial charge on any atom is -0.212 e. The Morgan fingerprint density at radius 3 is 1.56 bits per heavy atom. The Morgan fingerprint density at radius 1 is 0.812 bits per heavy atom. The molecule has 0 unspecified atom stereocenters. The first kappa shape index (κ1) is 14.0. The number of nitrogens with zero attached hydrogens (tertiary/aromatic N) is 1. The van der Waals surface area contributed by atoms with Crippen LogP contribution in [0.25, 0.3) is 0 Å². The van der Waals surface area contributed by atoms with Gasteiger partial charge in [0.15, 0.2) is 0 Å². The van der Waals surface area contributed by atoms with Gasteiger partial charge in [-0.1, -0.05) is 44.9 Å². The molecule has 0 atom stereocenters. The highest BCUT2D eigenvalue weighted by Gasteiger charge is 2.26. The lowest BCUT2D eigenvalue weighted by Crippen LogP contribution is -2.33. The summed E-state index contributed by atoms with van der Waals surface area (Å²) in [6.45, 7) is 0. The van der Waals surface area contributed by atoms with Crippen molar-refractivity contribution in [3.8, 4) is 0 Å². The van der Waals surface area contributed by atoms with Gasteiger partial charge in [-0.05, 0) is 12.8 Å². The van der Waals surface area contributed by atoms with Gasteiger partial charge in [0.1, 0.15) is 0 Å². The molecule has 3 nitrogen and oxygen atoms in total. The van der Waals surface area contributed by atoms with Crippen molar-refractivity contribution in [3.63, 3.8) is 0 Å². The molecule has 4 heteroatoms. The topological polar surface area (TPSA) is 37.4 Å². The first-order valence-electron chi connectivity index (χ1n) is 6.46. The highest BCUT2D eigenvalue weighted by molar-refractivity contribution is 7.89. The van der Waals surface area contributed by atoms with Crippen molar-refractivity contribution in [2.45, 2.75) is 63.0 Å². The van der Waals surface area contributed by atoms with Crippen LogP contribution in [0.5, 0.6) is 0 Å². The van der Waals surface area contributed by atoms with Crippen LogP contribution in [-0.2, 0) is 10.0 Å². The maximum Gasteiger partial charge on any atom is 0.216 e. The lowest BCUT2D eigenvalue weighted by atomic mass is 10.0. The van der Waals surface area contributed by atoms with E-state index < -0.39 is 10.0 Å². The third-order valence-corrected chi connectivity index (χ3v) is 5.81. The van der Waals surface area contributed by atoms with E-state index in [0.29, 0.717) is 0 Å². The van der Waals surface area contributed by atoms with Gasteiger partial charge in [-0.3, -0.25) is 0 Å². The largest absolute Gasteiger partial charge is 0.216 e. The van der Waals surface area contributed by atoms with Crippen LogP contribution in [0.15, 0.2) is 0 Å². The van der Waals surface area contributed by atoms with Gasteiger partial charge in [-0.15, -0.1) is 0 Å². The van der Waals surface area contributed by atoms with Crippen LogP contribution in [0.3, 0.4) is 0 Å². The highest BCUT2D eigenvalue weighted by Crippen LogP contribution is 2.22. The first-order chi connectivity index (χ1) is 7.55. The number of rotatable bonds is 2. The smallest absolute Gasteiger partial charge is 0.212 e. The molecule has 0 aliphatic heterocycles. The lowest BCUT2D eigenvalue weighted by Gasteiger charge is -2.22. The molecule has 0 aromatic carbocycles. The quantitative estimate of drug-likeness (QED) is 0.752. The van der Waals surface area contributed by atoms with Crippen molar-refractivity contribution in [1.29, 1.82) is 0 Å². The SMILES string of the molecule is CN(C)S(=O)(=O)C1CCCCCCCCC1. The van der Waals surface area contributed by atoms with Gasteiger partial charge in [-0.2, -0.15) is 0 Å². The minimum atomic E-state index is -3.03. The van der Waals surface area contributed by atoms with Gasteiger partial charge in [0.05, 0.1) is 5.25 Å². The summed E-state index contributed by atoms with van der Waals surface area (Å²) >= 11 is 0. The standard InChI is InChI=1S/C12H25NO2S/c1-13(2)16(14,15)12-10-8-6-4-3-5-7-9-11-12/h12H,3-11H2,1-2H3. The average molecular weight is 247 g/mol. The van der Waals surface area contributed by atoms with Crippen molar-refractivity contribution >= 4 is 10.0 Å². The third-order valence-electron chi connectivity index (χ3n) is 3.48. The Hall–Kier alpha value is -0.0900. The van der Waals surface area contributed by atoms with E-state index >= 15 is 0 Å². The summed E-state index contributed by atoms with van der Waals surface area (Å²) < 4.78 is 25.5. The number of hydrogen-bond acceptors (Lipinski definition) is 2. The summed E-state index contributed by atoms with van der Waals surface area (Å²) in [5.74, 6) is 0. The fraction of sp³-hybridized carbons (Fsp3) is 1.00. The summed E-state index contributed by atoms with van der Waals surface area (Å²) in [6, 6.07) is 0. The van der Waals surface area contributed by atoms with E-state index in [9.17, 15) is 8.42 Å². The third kappa shape index (κ3) is 4.06. The molecule has 16 heavy (non-hydrogen) atoms. The van der Waals surface area contributed by atoms with Crippen molar-refractivity contribution < 1.29 is 8.42 Å². The summed E-state index contributed by atoms with van der Waals surface area (Å²) in [6.07, 6.45) is 10.1. The molecular formula is C12H25NO2S. The van der Waals surface area contributed by atoms with Crippen LogP contribution < -0.4 is 0 Å². The van der Waals surface area contributed by atoms with E-state index in [0.717, 1.165) is 25.7 Å². The molecular weight excluding hydrogens is 222 g/mol. The maximum absolute atomic E-state index is 12.1. The number of hydrogen-bond donors (Lipinski definition) is 0. The number of sulfonamides is 1. The molecule has 0 spiro atoms. The second kappa shape index (κ2) is 6.60. The van der Waals surface area contributed by atoms with Crippen molar-refractivity contribution in [2.75, 3.05) is 14.1 Å². The minimum absolute atomic E-state index is 0.138. The monoisotopic (exact) mass is 247 g/mol. The molecule has 96 valence electrons. The Morgan fingerprint density at radius 2 is 1.19 bits per heavy atom. The van der Waals surface area contributed by atoms with Crippen molar-refractivity contribution in [1.82, 2.24) is 4.31 Å². The fourth-order valence-electron chi connectivity index (χ4n) is 2.37. The zero-order chi connectivity index (χ0) is 12.0. The van der Waals surface area contributed by atoms with Gasteiger partial charge < -0.3 is 0 Å². The summed E-state index contributed by atoms with van der Waals surface area (Å²) in [4.78, 5) is 0. The Kier molecular flexibility index (Phi) is 5.76. The summed E-state index contributed by atoms with van der Waals surface area (Å²) in [5, 5.41) is -0.138. The van der Waals surface area contributed by atoms with E-state index in [2.05, 4.69) is 0 Å². The van der Waals surface area contributed by atoms with Gasteiger partial charge in [0, 0.05) is 14.1 Å². The van der Waals surface area contributed by atoms with Crippen LogP contribution in [0.2, 0.25) is 0 Å². The van der Waals surface area contributed by atoms with Crippen molar-refractivity contribution in [2.24, 2.45) is 0 Å². The van der Waals surface area contributed by atoms with Gasteiger partial charge in [-0.25, -0.2) is 12.7 Å². The van der Waals surface area contributed by atoms with Crippen LogP contribution in [0, 0.1) is 0 Å². The molecule has 1 fully saturated rings. The summed E-state index contributed by atoms with van der Waals surface area (Å²) in [7, 11) is 0.260. The maximum atomic E-state index is 12.1. The molecule has 1 aliphatic rings. The van der Waals surface area contributed by atoms with E-state index in [-0.39, 0.29) is 5.25 Å². The highest BCUT2D eigenvalue weighted by atomic mass is 32.2. The summed E-state index contributed by atoms with van der Waals surface area (Å²) in [5.41, 5.74) is 0. The molecule has 1 rings (SSSR count). The van der Waals surface area contributed by atoms with Gasteiger partial charge in [0.2, 0.25) is 10.0 Å². The van der Waals surface area contributed by atoms with Crippen LogP contribution in [0.4, 0.5) is 0 Å². The Bertz CT molecular complexity index is 275. The predicted molar refractivity (Wildman–Crippen MR) is 67.9 cm³/mol. The van der Waals surface area contributed by atoms with Crippen LogP contribution >= 0.6 is 0 Å². The Balaban J connectivity index is 2.60. The van der Waals surface area contributed by atoms with Crippen molar-refractivity contribution in [3.05, 3.63) is 0 Å². The normalized spacial score (nSPS) is 22.2. The average Bonchev–Trinajstić information content (AvgIpc) is 2.25. The van der Waals surface area contributed by atoms with E-state index in [1.807, 2.05) is 0 Å². The van der Waals surface area contributed by atoms with E-state index in [1.54, 1.807) is 14.1 Å². The molecule has 0 bridgehead atoms. The van der Waals surface area contributed by atoms with Crippen LogP contribution in [0.1, 0.15) is 57.8 Å². The molecule has 1 aliphatic carbocycles. The lowest BCUT2D eigenvalue weighted by molar-refractivity contribution is 0.460. The predicted octanol–water partition coefficient (Wildman–Crippen LogP) is 2.77. The van der Waals surface area contributed by atoms with Gasteiger partial charge >= 0.3 is 0 Å². The molecule has 0 aromatic rings. The fourth-order valence-corrected chi connectivity index (χ4v) is 3.89. The molecule has 0 aromatic heterocycles. The zero-order valence-electron chi connectivity index (χ0n) is 10.6. The van der Waals surface area contributed by atoms with Gasteiger partial charge in [0.25, 0.3) is 0 Å². The molecule has 0 radical (unpaired) electrons. The Labute approximate surface area is 100 Å². The molecule has 0 heterocycles. The molecule has 0 amide bonds. The second-order valence-corrected chi connectivity index (χ2v) is 7.43. The van der Waals surface area contributed by atoms with Crippen LogP contribution in [-0.4, -0.2) is 32.1 Å².